The second-order valence-electron chi connectivity index (χ2n) is 3.79. The minimum Gasteiger partial charge on any atom is -0.434 e. The molecule has 0 radical (unpaired) electrons. The van der Waals surface area contributed by atoms with Crippen LogP contribution in [0.4, 0.5) is 13.9 Å². The molecule has 0 aliphatic carbocycles. The summed E-state index contributed by atoms with van der Waals surface area (Å²) in [6.45, 7) is -2.18. The van der Waals surface area contributed by atoms with Gasteiger partial charge in [0.05, 0.1) is 0 Å². The molecule has 0 bridgehead atoms. The minimum atomic E-state index is -2.84. The van der Waals surface area contributed by atoms with Crippen molar-refractivity contribution in [1.82, 2.24) is 9.36 Å². The number of hydrogen-bond donors (Lipinski definition) is 1. The molecule has 20 heavy (non-hydrogen) atoms. The smallest absolute Gasteiger partial charge is 0.387 e. The van der Waals surface area contributed by atoms with Crippen LogP contribution >= 0.6 is 11.5 Å². The number of hydrogen-bond acceptors (Lipinski definition) is 6. The summed E-state index contributed by atoms with van der Waals surface area (Å²) in [5, 5.41) is 3.62. The van der Waals surface area contributed by atoms with Gasteiger partial charge in [0.25, 0.3) is 0 Å². The van der Waals surface area contributed by atoms with Gasteiger partial charge in [-0.2, -0.15) is 13.2 Å². The zero-order valence-electron chi connectivity index (χ0n) is 10.7. The van der Waals surface area contributed by atoms with Crippen molar-refractivity contribution in [3.05, 3.63) is 35.7 Å². The minimum absolute atomic E-state index is 0.150. The van der Waals surface area contributed by atoms with E-state index in [0.29, 0.717) is 29.7 Å². The van der Waals surface area contributed by atoms with Gasteiger partial charge in [-0.3, -0.25) is 0 Å². The quantitative estimate of drug-likeness (QED) is 0.852. The van der Waals surface area contributed by atoms with Gasteiger partial charge in [0, 0.05) is 30.8 Å². The molecular formula is C12H13F2N3O2S. The molecule has 2 rings (SSSR count). The van der Waals surface area contributed by atoms with Gasteiger partial charge in [0.1, 0.15) is 12.4 Å². The van der Waals surface area contributed by atoms with Gasteiger partial charge in [-0.25, -0.2) is 4.98 Å². The Labute approximate surface area is 118 Å². The third-order valence-electron chi connectivity index (χ3n) is 2.36. The van der Waals surface area contributed by atoms with E-state index >= 15 is 0 Å². The van der Waals surface area contributed by atoms with E-state index in [1.54, 1.807) is 25.3 Å². The number of nitrogens with zero attached hydrogens (tertiary/aromatic N) is 2. The molecule has 0 fully saturated rings. The van der Waals surface area contributed by atoms with Crippen LogP contribution in [0, 0.1) is 0 Å². The molecule has 0 spiro atoms. The summed E-state index contributed by atoms with van der Waals surface area (Å²) in [6.07, 6.45) is 0. The molecule has 0 unspecified atom stereocenters. The van der Waals surface area contributed by atoms with E-state index < -0.39 is 6.61 Å². The van der Waals surface area contributed by atoms with Crippen molar-refractivity contribution < 1.29 is 18.3 Å². The highest BCUT2D eigenvalue weighted by Crippen LogP contribution is 2.22. The first-order chi connectivity index (χ1) is 9.69. The number of rotatable bonds is 7. The van der Waals surface area contributed by atoms with Crippen LogP contribution in [0.1, 0.15) is 11.4 Å². The fourth-order valence-corrected chi connectivity index (χ4v) is 2.11. The summed E-state index contributed by atoms with van der Waals surface area (Å²) < 4.78 is 38.0. The van der Waals surface area contributed by atoms with Gasteiger partial charge in [0.15, 0.2) is 5.82 Å². The highest BCUT2D eigenvalue weighted by molar-refractivity contribution is 7.09. The predicted octanol–water partition coefficient (Wildman–Crippen LogP) is 2.90. The van der Waals surface area contributed by atoms with Crippen molar-refractivity contribution in [1.29, 1.82) is 0 Å². The lowest BCUT2D eigenvalue weighted by atomic mass is 10.2. The molecule has 0 amide bonds. The molecule has 0 aliphatic rings. The van der Waals surface area contributed by atoms with Gasteiger partial charge in [-0.15, -0.1) is 0 Å². The highest BCUT2D eigenvalue weighted by atomic mass is 32.1. The first kappa shape index (κ1) is 14.6. The molecule has 1 heterocycles. The fraction of sp³-hybridized carbons (Fsp3) is 0.333. The summed E-state index contributed by atoms with van der Waals surface area (Å²) in [5.74, 6) is 0.730. The van der Waals surface area contributed by atoms with E-state index in [4.69, 9.17) is 4.74 Å². The normalized spacial score (nSPS) is 10.8. The number of benzene rings is 1. The molecule has 1 aromatic carbocycles. The molecule has 1 aromatic heterocycles. The number of methoxy groups -OCH3 is 1. The van der Waals surface area contributed by atoms with E-state index in [0.717, 1.165) is 0 Å². The number of nitrogens with one attached hydrogen (secondary N) is 1. The van der Waals surface area contributed by atoms with Gasteiger partial charge in [-0.05, 0) is 6.07 Å². The zero-order chi connectivity index (χ0) is 14.4. The number of aromatic nitrogens is 2. The van der Waals surface area contributed by atoms with Gasteiger partial charge in [0.2, 0.25) is 5.13 Å². The number of para-hydroxylation sites is 1. The van der Waals surface area contributed by atoms with E-state index in [2.05, 4.69) is 19.4 Å². The largest absolute Gasteiger partial charge is 0.434 e. The zero-order valence-corrected chi connectivity index (χ0v) is 11.5. The Morgan fingerprint density at radius 3 is 2.90 bits per heavy atom. The average molecular weight is 301 g/mol. The Balaban J connectivity index is 1.99. The van der Waals surface area contributed by atoms with Crippen LogP contribution in [0.25, 0.3) is 0 Å². The summed E-state index contributed by atoms with van der Waals surface area (Å²) in [5.41, 5.74) is 0.622. The molecule has 108 valence electrons. The SMILES string of the molecule is COCc1nsc(NCc2ccccc2OC(F)F)n1. The van der Waals surface area contributed by atoms with Gasteiger partial charge < -0.3 is 14.8 Å². The van der Waals surface area contributed by atoms with Gasteiger partial charge in [-0.1, -0.05) is 18.2 Å². The summed E-state index contributed by atoms with van der Waals surface area (Å²) in [6, 6.07) is 6.61. The van der Waals surface area contributed by atoms with Gasteiger partial charge >= 0.3 is 6.61 Å². The lowest BCUT2D eigenvalue weighted by Crippen LogP contribution is -2.07. The van der Waals surface area contributed by atoms with Crippen LogP contribution in [-0.2, 0) is 17.9 Å². The van der Waals surface area contributed by atoms with Crippen LogP contribution in [0.5, 0.6) is 5.75 Å². The lowest BCUT2D eigenvalue weighted by Gasteiger charge is -2.10. The van der Waals surface area contributed by atoms with Crippen LogP contribution in [0.2, 0.25) is 0 Å². The lowest BCUT2D eigenvalue weighted by molar-refractivity contribution is -0.0504. The van der Waals surface area contributed by atoms with Crippen LogP contribution in [-0.4, -0.2) is 23.1 Å². The van der Waals surface area contributed by atoms with Crippen molar-refractivity contribution >= 4 is 16.7 Å². The Bertz CT molecular complexity index is 551. The Hall–Kier alpha value is -1.80. The molecular weight excluding hydrogens is 288 g/mol. The summed E-state index contributed by atoms with van der Waals surface area (Å²) in [4.78, 5) is 4.19. The molecule has 2 aromatic rings. The standard InChI is InChI=1S/C12H13F2N3O2S/c1-18-7-10-16-12(20-17-10)15-6-8-4-2-3-5-9(8)19-11(13)14/h2-5,11H,6-7H2,1H3,(H,15,16,17). The Kier molecular flexibility index (Phi) is 5.19. The second kappa shape index (κ2) is 7.11. The molecule has 8 heteroatoms. The molecule has 0 saturated heterocycles. The van der Waals surface area contributed by atoms with E-state index in [9.17, 15) is 8.78 Å². The number of alkyl halides is 2. The topological polar surface area (TPSA) is 56.3 Å². The summed E-state index contributed by atoms with van der Waals surface area (Å²) >= 11 is 1.19. The maximum absolute atomic E-state index is 12.3. The number of halogens is 2. The van der Waals surface area contributed by atoms with Crippen molar-refractivity contribution in [3.8, 4) is 5.75 Å². The molecule has 0 aliphatic heterocycles. The van der Waals surface area contributed by atoms with Crippen LogP contribution in [0.3, 0.4) is 0 Å². The summed E-state index contributed by atoms with van der Waals surface area (Å²) in [7, 11) is 1.56. The monoisotopic (exact) mass is 301 g/mol. The maximum atomic E-state index is 12.3. The molecule has 0 saturated carbocycles. The van der Waals surface area contributed by atoms with Crippen molar-refractivity contribution in [2.45, 2.75) is 19.8 Å². The third kappa shape index (κ3) is 4.10. The predicted molar refractivity (Wildman–Crippen MR) is 71.0 cm³/mol. The molecule has 5 nitrogen and oxygen atoms in total. The second-order valence-corrected chi connectivity index (χ2v) is 4.54. The molecule has 1 N–H and O–H groups in total. The Morgan fingerprint density at radius 2 is 2.15 bits per heavy atom. The van der Waals surface area contributed by atoms with E-state index in [1.165, 1.54) is 17.6 Å². The first-order valence-corrected chi connectivity index (χ1v) is 6.54. The van der Waals surface area contributed by atoms with E-state index in [-0.39, 0.29) is 5.75 Å². The average Bonchev–Trinajstić information content (AvgIpc) is 2.85. The number of anilines is 1. The third-order valence-corrected chi connectivity index (χ3v) is 3.07. The van der Waals surface area contributed by atoms with Crippen LogP contribution < -0.4 is 10.1 Å². The van der Waals surface area contributed by atoms with Crippen LogP contribution in [0.15, 0.2) is 24.3 Å². The fourth-order valence-electron chi connectivity index (χ4n) is 1.55. The van der Waals surface area contributed by atoms with E-state index in [1.807, 2.05) is 0 Å². The Morgan fingerprint density at radius 1 is 1.35 bits per heavy atom. The number of ether oxygens (including phenoxy) is 2. The maximum Gasteiger partial charge on any atom is 0.387 e. The highest BCUT2D eigenvalue weighted by Gasteiger charge is 2.10. The van der Waals surface area contributed by atoms with Crippen molar-refractivity contribution in [2.75, 3.05) is 12.4 Å². The first-order valence-electron chi connectivity index (χ1n) is 5.77. The molecule has 0 atom stereocenters. The van der Waals surface area contributed by atoms with Crippen molar-refractivity contribution in [3.63, 3.8) is 0 Å². The van der Waals surface area contributed by atoms with Crippen molar-refractivity contribution in [2.24, 2.45) is 0 Å².